The van der Waals surface area contributed by atoms with E-state index in [-0.39, 0.29) is 11.7 Å². The van der Waals surface area contributed by atoms with Crippen LogP contribution in [0.4, 0.5) is 4.39 Å². The molecule has 2 rings (SSSR count). The molecule has 1 unspecified atom stereocenters. The van der Waals surface area contributed by atoms with Gasteiger partial charge in [-0.1, -0.05) is 18.2 Å². The molecule has 0 aromatic heterocycles. The molecule has 0 N–H and O–H groups in total. The number of carbonyl (C=O) groups is 1. The van der Waals surface area contributed by atoms with Crippen LogP contribution in [-0.4, -0.2) is 23.9 Å². The second-order valence-corrected chi connectivity index (χ2v) is 5.46. The predicted molar refractivity (Wildman–Crippen MR) is 78.8 cm³/mol. The number of piperidine rings is 1. The standard InChI is InChI=1S/C17H22FNO/c1-2-5-17(20)19-11-4-7-15(13-19)10-9-14-6-3-8-16(18)12-14/h2-3,5-6,8,12,15H,4,7,9-11,13H2,1H3. The fraction of sp³-hybridized carbons (Fsp3) is 0.471. The lowest BCUT2D eigenvalue weighted by Crippen LogP contribution is -2.39. The molecule has 1 aliphatic rings. The average Bonchev–Trinajstić information content (AvgIpc) is 2.46. The molecule has 0 bridgehead atoms. The van der Waals surface area contributed by atoms with Crippen LogP contribution in [-0.2, 0) is 11.2 Å². The van der Waals surface area contributed by atoms with Gasteiger partial charge in [-0.25, -0.2) is 4.39 Å². The third-order valence-corrected chi connectivity index (χ3v) is 3.87. The second-order valence-electron chi connectivity index (χ2n) is 5.46. The van der Waals surface area contributed by atoms with E-state index in [1.165, 1.54) is 6.07 Å². The normalized spacial score (nSPS) is 19.5. The first-order chi connectivity index (χ1) is 9.69. The van der Waals surface area contributed by atoms with E-state index >= 15 is 0 Å². The quantitative estimate of drug-likeness (QED) is 0.769. The molecule has 1 heterocycles. The first-order valence-corrected chi connectivity index (χ1v) is 7.35. The van der Waals surface area contributed by atoms with Gasteiger partial charge in [0.15, 0.2) is 0 Å². The van der Waals surface area contributed by atoms with Crippen molar-refractivity contribution in [2.75, 3.05) is 13.1 Å². The molecule has 0 saturated carbocycles. The van der Waals surface area contributed by atoms with Gasteiger partial charge in [0, 0.05) is 13.1 Å². The van der Waals surface area contributed by atoms with Crippen LogP contribution in [0.5, 0.6) is 0 Å². The minimum Gasteiger partial charge on any atom is -0.339 e. The molecule has 20 heavy (non-hydrogen) atoms. The Labute approximate surface area is 120 Å². The highest BCUT2D eigenvalue weighted by atomic mass is 19.1. The van der Waals surface area contributed by atoms with Crippen LogP contribution in [0, 0.1) is 11.7 Å². The van der Waals surface area contributed by atoms with Gasteiger partial charge in [-0.15, -0.1) is 0 Å². The molecule has 1 saturated heterocycles. The smallest absolute Gasteiger partial charge is 0.246 e. The number of allylic oxidation sites excluding steroid dienone is 1. The van der Waals surface area contributed by atoms with Crippen LogP contribution in [0.2, 0.25) is 0 Å². The van der Waals surface area contributed by atoms with E-state index in [2.05, 4.69) is 0 Å². The minimum atomic E-state index is -0.170. The molecule has 1 aliphatic heterocycles. The number of aryl methyl sites for hydroxylation is 1. The molecule has 108 valence electrons. The van der Waals surface area contributed by atoms with Crippen molar-refractivity contribution >= 4 is 5.91 Å². The third kappa shape index (κ3) is 4.19. The van der Waals surface area contributed by atoms with Gasteiger partial charge >= 0.3 is 0 Å². The number of amides is 1. The van der Waals surface area contributed by atoms with Gasteiger partial charge in [0.05, 0.1) is 0 Å². The molecule has 2 nitrogen and oxygen atoms in total. The van der Waals surface area contributed by atoms with Crippen LogP contribution in [0.3, 0.4) is 0 Å². The lowest BCUT2D eigenvalue weighted by Gasteiger charge is -2.32. The van der Waals surface area contributed by atoms with Gasteiger partial charge in [0.1, 0.15) is 5.82 Å². The number of likely N-dealkylation sites (tertiary alicyclic amines) is 1. The molecule has 1 fully saturated rings. The number of rotatable bonds is 4. The first-order valence-electron chi connectivity index (χ1n) is 7.35. The Balaban J connectivity index is 1.85. The van der Waals surface area contributed by atoms with Gasteiger partial charge in [0.25, 0.3) is 0 Å². The first kappa shape index (κ1) is 14.8. The highest BCUT2D eigenvalue weighted by molar-refractivity contribution is 5.87. The Kier molecular flexibility index (Phi) is 5.33. The van der Waals surface area contributed by atoms with Crippen molar-refractivity contribution in [1.82, 2.24) is 4.90 Å². The largest absolute Gasteiger partial charge is 0.339 e. The van der Waals surface area contributed by atoms with Crippen molar-refractivity contribution in [3.8, 4) is 0 Å². The fourth-order valence-electron chi connectivity index (χ4n) is 2.81. The Morgan fingerprint density at radius 2 is 2.35 bits per heavy atom. The maximum atomic E-state index is 13.1. The third-order valence-electron chi connectivity index (χ3n) is 3.87. The molecule has 1 amide bonds. The van der Waals surface area contributed by atoms with E-state index in [0.29, 0.717) is 5.92 Å². The molecule has 1 aromatic rings. The zero-order valence-electron chi connectivity index (χ0n) is 12.0. The number of hydrogen-bond donors (Lipinski definition) is 0. The van der Waals surface area contributed by atoms with Gasteiger partial charge in [-0.3, -0.25) is 4.79 Å². The number of nitrogens with zero attached hydrogens (tertiary/aromatic N) is 1. The van der Waals surface area contributed by atoms with Crippen LogP contribution in [0.1, 0.15) is 31.7 Å². The van der Waals surface area contributed by atoms with Gasteiger partial charge in [-0.05, 0) is 62.3 Å². The van der Waals surface area contributed by atoms with Gasteiger partial charge < -0.3 is 4.90 Å². The van der Waals surface area contributed by atoms with E-state index in [1.54, 1.807) is 24.3 Å². The maximum Gasteiger partial charge on any atom is 0.246 e. The van der Waals surface area contributed by atoms with Crippen molar-refractivity contribution in [3.05, 3.63) is 47.8 Å². The van der Waals surface area contributed by atoms with Gasteiger partial charge in [0.2, 0.25) is 5.91 Å². The van der Waals surface area contributed by atoms with Crippen LogP contribution in [0.25, 0.3) is 0 Å². The SMILES string of the molecule is CC=CC(=O)N1CCCC(CCc2cccc(F)c2)C1. The maximum absolute atomic E-state index is 13.1. The van der Waals surface area contributed by atoms with Crippen molar-refractivity contribution in [2.24, 2.45) is 5.92 Å². The van der Waals surface area contributed by atoms with E-state index in [4.69, 9.17) is 0 Å². The predicted octanol–water partition coefficient (Wildman–Crippen LogP) is 3.57. The van der Waals surface area contributed by atoms with Crippen LogP contribution in [0.15, 0.2) is 36.4 Å². The Morgan fingerprint density at radius 1 is 1.50 bits per heavy atom. The van der Waals surface area contributed by atoms with Crippen LogP contribution >= 0.6 is 0 Å². The highest BCUT2D eigenvalue weighted by Gasteiger charge is 2.21. The monoisotopic (exact) mass is 275 g/mol. The fourth-order valence-corrected chi connectivity index (χ4v) is 2.81. The molecule has 0 radical (unpaired) electrons. The number of hydrogen-bond acceptors (Lipinski definition) is 1. The Hall–Kier alpha value is -1.64. The summed E-state index contributed by atoms with van der Waals surface area (Å²) in [6, 6.07) is 6.80. The number of benzene rings is 1. The van der Waals surface area contributed by atoms with Crippen molar-refractivity contribution in [1.29, 1.82) is 0 Å². The summed E-state index contributed by atoms with van der Waals surface area (Å²) in [4.78, 5) is 13.8. The topological polar surface area (TPSA) is 20.3 Å². The zero-order valence-corrected chi connectivity index (χ0v) is 12.0. The summed E-state index contributed by atoms with van der Waals surface area (Å²) in [7, 11) is 0. The molecule has 0 aliphatic carbocycles. The van der Waals surface area contributed by atoms with E-state index in [1.807, 2.05) is 17.9 Å². The van der Waals surface area contributed by atoms with E-state index in [9.17, 15) is 9.18 Å². The van der Waals surface area contributed by atoms with E-state index in [0.717, 1.165) is 44.3 Å². The number of halogens is 1. The number of carbonyl (C=O) groups excluding carboxylic acids is 1. The Bertz CT molecular complexity index is 484. The van der Waals surface area contributed by atoms with E-state index < -0.39 is 0 Å². The summed E-state index contributed by atoms with van der Waals surface area (Å²) in [5.41, 5.74) is 1.04. The lowest BCUT2D eigenvalue weighted by atomic mass is 9.91. The minimum absolute atomic E-state index is 0.114. The average molecular weight is 275 g/mol. The zero-order chi connectivity index (χ0) is 14.4. The molecule has 1 aromatic carbocycles. The molecular weight excluding hydrogens is 253 g/mol. The van der Waals surface area contributed by atoms with Crippen molar-refractivity contribution < 1.29 is 9.18 Å². The molecule has 1 atom stereocenters. The molecule has 3 heteroatoms. The Morgan fingerprint density at radius 3 is 3.10 bits per heavy atom. The summed E-state index contributed by atoms with van der Waals surface area (Å²) < 4.78 is 13.1. The summed E-state index contributed by atoms with van der Waals surface area (Å²) >= 11 is 0. The van der Waals surface area contributed by atoms with Crippen LogP contribution < -0.4 is 0 Å². The summed E-state index contributed by atoms with van der Waals surface area (Å²) in [6.07, 6.45) is 7.55. The summed E-state index contributed by atoms with van der Waals surface area (Å²) in [5.74, 6) is 0.472. The van der Waals surface area contributed by atoms with Gasteiger partial charge in [-0.2, -0.15) is 0 Å². The van der Waals surface area contributed by atoms with Crippen molar-refractivity contribution in [3.63, 3.8) is 0 Å². The lowest BCUT2D eigenvalue weighted by molar-refractivity contribution is -0.127. The molecular formula is C17H22FNO. The molecule has 0 spiro atoms. The van der Waals surface area contributed by atoms with Crippen molar-refractivity contribution in [2.45, 2.75) is 32.6 Å². The highest BCUT2D eigenvalue weighted by Crippen LogP contribution is 2.22. The summed E-state index contributed by atoms with van der Waals surface area (Å²) in [6.45, 7) is 3.56. The second kappa shape index (κ2) is 7.22. The summed E-state index contributed by atoms with van der Waals surface area (Å²) in [5, 5.41) is 0.